The van der Waals surface area contributed by atoms with Crippen LogP contribution in [0.15, 0.2) is 12.3 Å². The molecule has 2 rings (SSSR count). The van der Waals surface area contributed by atoms with Gasteiger partial charge in [0.1, 0.15) is 0 Å². The highest BCUT2D eigenvalue weighted by molar-refractivity contribution is 4.99. The molecule has 0 atom stereocenters. The maximum absolute atomic E-state index is 4.76. The predicted octanol–water partition coefficient (Wildman–Crippen LogP) is 2.43. The molecule has 4 nitrogen and oxygen atoms in total. The molecule has 0 saturated heterocycles. The van der Waals surface area contributed by atoms with E-state index in [0.717, 1.165) is 26.2 Å². The fourth-order valence-corrected chi connectivity index (χ4v) is 2.81. The minimum absolute atomic E-state index is 0.648. The van der Waals surface area contributed by atoms with E-state index < -0.39 is 0 Å². The highest BCUT2D eigenvalue weighted by Crippen LogP contribution is 2.27. The minimum Gasteiger partial charge on any atom is -0.316 e. The molecule has 0 aliphatic heterocycles. The molecule has 0 unspecified atom stereocenters. The molecule has 0 amide bonds. The Morgan fingerprint density at radius 3 is 2.89 bits per heavy atom. The molecule has 1 aromatic heterocycles. The van der Waals surface area contributed by atoms with E-state index in [9.17, 15) is 0 Å². The van der Waals surface area contributed by atoms with Crippen molar-refractivity contribution in [3.63, 3.8) is 0 Å². The van der Waals surface area contributed by atoms with E-state index in [1.54, 1.807) is 0 Å². The lowest BCUT2D eigenvalue weighted by Gasteiger charge is -2.22. The van der Waals surface area contributed by atoms with Gasteiger partial charge in [0.25, 0.3) is 0 Å². The molecule has 4 heteroatoms. The van der Waals surface area contributed by atoms with E-state index in [1.165, 1.54) is 37.8 Å². The summed E-state index contributed by atoms with van der Waals surface area (Å²) < 4.78 is 2.20. The smallest absolute Gasteiger partial charge is 0.0764 e. The first kappa shape index (κ1) is 14.5. The van der Waals surface area contributed by atoms with Crippen molar-refractivity contribution in [3.8, 4) is 0 Å². The van der Waals surface area contributed by atoms with Gasteiger partial charge in [-0.05, 0) is 32.5 Å². The zero-order valence-electron chi connectivity index (χ0n) is 12.4. The number of rotatable bonds is 7. The van der Waals surface area contributed by atoms with Gasteiger partial charge in [0, 0.05) is 25.8 Å². The summed E-state index contributed by atoms with van der Waals surface area (Å²) in [5, 5.41) is 8.11. The lowest BCUT2D eigenvalue weighted by atomic mass is 9.96. The highest BCUT2D eigenvalue weighted by Gasteiger charge is 2.16. The summed E-state index contributed by atoms with van der Waals surface area (Å²) in [6.45, 7) is 6.27. The van der Waals surface area contributed by atoms with Crippen LogP contribution < -0.4 is 5.32 Å². The molecule has 1 aliphatic carbocycles. The number of nitrogens with zero attached hydrogens (tertiary/aromatic N) is 3. The van der Waals surface area contributed by atoms with Gasteiger partial charge in [0.2, 0.25) is 0 Å². The largest absolute Gasteiger partial charge is 0.316 e. The SMILES string of the molecule is CCNCCN(C)Cc1ccn(C2CCCCC2)n1. The van der Waals surface area contributed by atoms with Crippen LogP contribution in [0.3, 0.4) is 0 Å². The van der Waals surface area contributed by atoms with Crippen molar-refractivity contribution in [3.05, 3.63) is 18.0 Å². The molecular weight excluding hydrogens is 236 g/mol. The second-order valence-corrected chi connectivity index (χ2v) is 5.67. The molecular formula is C15H28N4. The molecule has 1 aromatic rings. The molecule has 0 bridgehead atoms. The zero-order chi connectivity index (χ0) is 13.5. The summed E-state index contributed by atoms with van der Waals surface area (Å²) >= 11 is 0. The van der Waals surface area contributed by atoms with Gasteiger partial charge in [-0.3, -0.25) is 9.58 Å². The first-order valence-electron chi connectivity index (χ1n) is 7.73. The first-order chi connectivity index (χ1) is 9.29. The number of likely N-dealkylation sites (N-methyl/N-ethyl adjacent to an activating group) is 2. The maximum atomic E-state index is 4.76. The van der Waals surface area contributed by atoms with Crippen molar-refractivity contribution in [2.45, 2.75) is 51.6 Å². The Bertz CT molecular complexity index is 355. The lowest BCUT2D eigenvalue weighted by molar-refractivity contribution is 0.307. The zero-order valence-corrected chi connectivity index (χ0v) is 12.4. The van der Waals surface area contributed by atoms with Crippen LogP contribution in [-0.2, 0) is 6.54 Å². The Kier molecular flexibility index (Phi) is 5.86. The van der Waals surface area contributed by atoms with E-state index in [1.807, 2.05) is 0 Å². The van der Waals surface area contributed by atoms with Crippen molar-refractivity contribution in [1.29, 1.82) is 0 Å². The Hall–Kier alpha value is -0.870. The topological polar surface area (TPSA) is 33.1 Å². The van der Waals surface area contributed by atoms with Crippen LogP contribution in [0.4, 0.5) is 0 Å². The van der Waals surface area contributed by atoms with Crippen LogP contribution in [0.2, 0.25) is 0 Å². The monoisotopic (exact) mass is 264 g/mol. The molecule has 1 N–H and O–H groups in total. The van der Waals surface area contributed by atoms with E-state index in [4.69, 9.17) is 5.10 Å². The van der Waals surface area contributed by atoms with Crippen molar-refractivity contribution in [1.82, 2.24) is 20.0 Å². The maximum Gasteiger partial charge on any atom is 0.0764 e. The quantitative estimate of drug-likeness (QED) is 0.768. The Labute approximate surface area is 117 Å². The fraction of sp³-hybridized carbons (Fsp3) is 0.800. The van der Waals surface area contributed by atoms with Gasteiger partial charge in [-0.25, -0.2) is 0 Å². The van der Waals surface area contributed by atoms with Crippen LogP contribution >= 0.6 is 0 Å². The molecule has 0 aromatic carbocycles. The normalized spacial score (nSPS) is 17.2. The van der Waals surface area contributed by atoms with Crippen molar-refractivity contribution in [2.24, 2.45) is 0 Å². The third kappa shape index (κ3) is 4.62. The fourth-order valence-electron chi connectivity index (χ4n) is 2.81. The van der Waals surface area contributed by atoms with Gasteiger partial charge < -0.3 is 5.32 Å². The van der Waals surface area contributed by atoms with Gasteiger partial charge >= 0.3 is 0 Å². The lowest BCUT2D eigenvalue weighted by Crippen LogP contribution is -2.29. The third-order valence-electron chi connectivity index (χ3n) is 3.96. The van der Waals surface area contributed by atoms with Crippen molar-refractivity contribution < 1.29 is 0 Å². The summed E-state index contributed by atoms with van der Waals surface area (Å²) in [4.78, 5) is 2.33. The van der Waals surface area contributed by atoms with Crippen molar-refractivity contribution >= 4 is 0 Å². The minimum atomic E-state index is 0.648. The third-order valence-corrected chi connectivity index (χ3v) is 3.96. The van der Waals surface area contributed by atoms with Crippen LogP contribution in [0.1, 0.15) is 50.8 Å². The predicted molar refractivity (Wildman–Crippen MR) is 79.2 cm³/mol. The summed E-state index contributed by atoms with van der Waals surface area (Å²) in [7, 11) is 2.16. The molecule has 1 aliphatic rings. The van der Waals surface area contributed by atoms with Crippen molar-refractivity contribution in [2.75, 3.05) is 26.7 Å². The molecule has 1 fully saturated rings. The number of nitrogens with one attached hydrogen (secondary N) is 1. The summed E-state index contributed by atoms with van der Waals surface area (Å²) in [5.41, 5.74) is 1.20. The second-order valence-electron chi connectivity index (χ2n) is 5.67. The average molecular weight is 264 g/mol. The summed E-state index contributed by atoms with van der Waals surface area (Å²) in [6.07, 6.45) is 8.90. The van der Waals surface area contributed by atoms with E-state index in [-0.39, 0.29) is 0 Å². The van der Waals surface area contributed by atoms with Gasteiger partial charge in [-0.2, -0.15) is 5.10 Å². The molecule has 108 valence electrons. The molecule has 0 radical (unpaired) electrons. The first-order valence-corrected chi connectivity index (χ1v) is 7.73. The molecule has 0 spiro atoms. The Balaban J connectivity index is 1.79. The van der Waals surface area contributed by atoms with E-state index in [2.05, 4.69) is 41.1 Å². The standard InChI is InChI=1S/C15H28N4/c1-3-16-10-12-18(2)13-14-9-11-19(17-14)15-7-5-4-6-8-15/h9,11,15-16H,3-8,10,12-13H2,1-2H3. The molecule has 1 heterocycles. The summed E-state index contributed by atoms with van der Waals surface area (Å²) in [6, 6.07) is 2.83. The number of hydrogen-bond donors (Lipinski definition) is 1. The van der Waals surface area contributed by atoms with Gasteiger partial charge in [0.05, 0.1) is 11.7 Å². The van der Waals surface area contributed by atoms with Gasteiger partial charge in [-0.15, -0.1) is 0 Å². The molecule has 19 heavy (non-hydrogen) atoms. The van der Waals surface area contributed by atoms with E-state index in [0.29, 0.717) is 6.04 Å². The second kappa shape index (κ2) is 7.65. The number of aromatic nitrogens is 2. The van der Waals surface area contributed by atoms with Gasteiger partial charge in [-0.1, -0.05) is 26.2 Å². The Morgan fingerprint density at radius 2 is 2.16 bits per heavy atom. The van der Waals surface area contributed by atoms with E-state index >= 15 is 0 Å². The van der Waals surface area contributed by atoms with Crippen LogP contribution in [0.25, 0.3) is 0 Å². The highest BCUT2D eigenvalue weighted by atomic mass is 15.3. The van der Waals surface area contributed by atoms with Crippen LogP contribution in [0.5, 0.6) is 0 Å². The van der Waals surface area contributed by atoms with Crippen LogP contribution in [0, 0.1) is 0 Å². The van der Waals surface area contributed by atoms with Crippen LogP contribution in [-0.4, -0.2) is 41.4 Å². The molecule has 1 saturated carbocycles. The van der Waals surface area contributed by atoms with Gasteiger partial charge in [0.15, 0.2) is 0 Å². The summed E-state index contributed by atoms with van der Waals surface area (Å²) in [5.74, 6) is 0. The number of hydrogen-bond acceptors (Lipinski definition) is 3. The Morgan fingerprint density at radius 1 is 1.37 bits per heavy atom. The average Bonchev–Trinajstić information content (AvgIpc) is 2.88.